The summed E-state index contributed by atoms with van der Waals surface area (Å²) in [6.07, 6.45) is 0. The molecule has 17 heavy (non-hydrogen) atoms. The second kappa shape index (κ2) is 7.24. The van der Waals surface area contributed by atoms with Gasteiger partial charge in [-0.2, -0.15) is 0 Å². The van der Waals surface area contributed by atoms with E-state index in [1.54, 1.807) is 24.3 Å². The molecule has 0 amide bonds. The van der Waals surface area contributed by atoms with Crippen LogP contribution < -0.4 is 5.09 Å². The number of hydrogen-bond donors (Lipinski definition) is 2. The minimum atomic E-state index is -3.64. The van der Waals surface area contributed by atoms with E-state index in [-0.39, 0.29) is 11.8 Å². The highest BCUT2D eigenvalue weighted by Gasteiger charge is 2.27. The van der Waals surface area contributed by atoms with Crippen molar-refractivity contribution in [3.05, 3.63) is 30.3 Å². The van der Waals surface area contributed by atoms with Crippen LogP contribution in [-0.2, 0) is 4.57 Å². The minimum absolute atomic E-state index is 0.276. The Balaban J connectivity index is 2.74. The molecule has 0 fully saturated rings. The van der Waals surface area contributed by atoms with Crippen LogP contribution >= 0.6 is 30.9 Å². The monoisotopic (exact) mass is 296 g/mol. The molecule has 0 saturated carbocycles. The Morgan fingerprint density at radius 2 is 1.71 bits per heavy atom. The van der Waals surface area contributed by atoms with Gasteiger partial charge in [0.2, 0.25) is 0 Å². The lowest BCUT2D eigenvalue weighted by Crippen LogP contribution is -2.27. The van der Waals surface area contributed by atoms with Crippen LogP contribution in [0.1, 0.15) is 0 Å². The van der Waals surface area contributed by atoms with E-state index in [0.29, 0.717) is 18.8 Å². The Bertz CT molecular complexity index is 372. The van der Waals surface area contributed by atoms with Crippen LogP contribution in [0.25, 0.3) is 0 Å². The molecule has 0 spiro atoms. The molecule has 4 nitrogen and oxygen atoms in total. The van der Waals surface area contributed by atoms with E-state index >= 15 is 0 Å². The summed E-state index contributed by atoms with van der Waals surface area (Å²) in [4.78, 5) is 9.94. The normalized spacial score (nSPS) is 14.6. The van der Waals surface area contributed by atoms with Crippen molar-refractivity contribution in [1.82, 2.24) is 4.67 Å². The van der Waals surface area contributed by atoms with Crippen molar-refractivity contribution >= 4 is 36.6 Å². The maximum absolute atomic E-state index is 12.1. The van der Waals surface area contributed by atoms with Crippen molar-refractivity contribution in [3.63, 3.8) is 0 Å². The van der Waals surface area contributed by atoms with E-state index in [1.165, 1.54) is 4.67 Å². The zero-order valence-electron chi connectivity index (χ0n) is 9.22. The van der Waals surface area contributed by atoms with E-state index in [4.69, 9.17) is 23.2 Å². The molecule has 2 N–H and O–H groups in total. The summed E-state index contributed by atoms with van der Waals surface area (Å²) in [5, 5.41) is 2.61. The van der Waals surface area contributed by atoms with Crippen LogP contribution in [0.3, 0.4) is 0 Å². The number of nitrogens with zero attached hydrogens (tertiary/aromatic N) is 1. The average molecular weight is 297 g/mol. The van der Waals surface area contributed by atoms with Crippen molar-refractivity contribution < 1.29 is 9.46 Å². The fourth-order valence-electron chi connectivity index (χ4n) is 1.33. The molecule has 0 aliphatic heterocycles. The van der Waals surface area contributed by atoms with Crippen molar-refractivity contribution in [1.29, 1.82) is 0 Å². The summed E-state index contributed by atoms with van der Waals surface area (Å²) in [7, 11) is -3.64. The van der Waals surface area contributed by atoms with E-state index in [0.717, 1.165) is 0 Å². The first-order valence-electron chi connectivity index (χ1n) is 5.13. The average Bonchev–Trinajstić information content (AvgIpc) is 2.29. The number of anilines is 1. The fraction of sp³-hybridized carbons (Fsp3) is 0.400. The maximum Gasteiger partial charge on any atom is 0.366 e. The highest BCUT2D eigenvalue weighted by Crippen LogP contribution is 2.44. The van der Waals surface area contributed by atoms with Crippen molar-refractivity contribution in [2.45, 2.75) is 0 Å². The van der Waals surface area contributed by atoms with Gasteiger partial charge in [-0.25, -0.2) is 9.24 Å². The molecule has 1 aromatic carbocycles. The van der Waals surface area contributed by atoms with Gasteiger partial charge in [-0.3, -0.25) is 0 Å². The summed E-state index contributed by atoms with van der Waals surface area (Å²) >= 11 is 11.2. The van der Waals surface area contributed by atoms with Crippen LogP contribution in [0.15, 0.2) is 30.3 Å². The first-order chi connectivity index (χ1) is 8.10. The van der Waals surface area contributed by atoms with Crippen LogP contribution in [0, 0.1) is 0 Å². The second-order valence-electron chi connectivity index (χ2n) is 3.35. The summed E-state index contributed by atoms with van der Waals surface area (Å²) in [5.74, 6) is 0.551. The van der Waals surface area contributed by atoms with Crippen molar-refractivity contribution in [2.75, 3.05) is 29.9 Å². The maximum atomic E-state index is 12.1. The molecule has 1 unspecified atom stereocenters. The van der Waals surface area contributed by atoms with Crippen molar-refractivity contribution in [2.24, 2.45) is 0 Å². The molecule has 0 aromatic heterocycles. The standard InChI is InChI=1S/C10H15Cl2N2O2P/c11-6-8-14(9-7-12)17(15,16)13-10-4-2-1-3-5-10/h1-5H,6-9H2,(H2,13,15,16). The van der Waals surface area contributed by atoms with Gasteiger partial charge in [0.05, 0.1) is 0 Å². The van der Waals surface area contributed by atoms with Gasteiger partial charge in [-0.1, -0.05) is 18.2 Å². The van der Waals surface area contributed by atoms with Gasteiger partial charge in [0, 0.05) is 30.5 Å². The first-order valence-corrected chi connectivity index (χ1v) is 7.82. The zero-order chi connectivity index (χ0) is 12.7. The number of alkyl halides is 2. The minimum Gasteiger partial charge on any atom is -0.317 e. The number of para-hydroxylation sites is 1. The Morgan fingerprint density at radius 1 is 1.18 bits per heavy atom. The second-order valence-corrected chi connectivity index (χ2v) is 5.99. The molecule has 1 rings (SSSR count). The van der Waals surface area contributed by atoms with E-state index in [1.807, 2.05) is 6.07 Å². The van der Waals surface area contributed by atoms with Crippen LogP contribution in [0.5, 0.6) is 0 Å². The third-order valence-electron chi connectivity index (χ3n) is 2.12. The molecule has 0 bridgehead atoms. The Morgan fingerprint density at radius 3 is 2.18 bits per heavy atom. The highest BCUT2D eigenvalue weighted by molar-refractivity contribution is 7.57. The van der Waals surface area contributed by atoms with Crippen LogP contribution in [-0.4, -0.2) is 34.4 Å². The van der Waals surface area contributed by atoms with Gasteiger partial charge >= 0.3 is 7.67 Å². The molecule has 1 atom stereocenters. The Labute approximate surface area is 111 Å². The van der Waals surface area contributed by atoms with E-state index < -0.39 is 7.67 Å². The highest BCUT2D eigenvalue weighted by atomic mass is 35.5. The van der Waals surface area contributed by atoms with Crippen LogP contribution in [0.2, 0.25) is 0 Å². The predicted octanol–water partition coefficient (Wildman–Crippen LogP) is 2.98. The number of nitrogens with one attached hydrogen (secondary N) is 1. The lowest BCUT2D eigenvalue weighted by molar-refractivity contribution is 0.373. The number of hydrogen-bond acceptors (Lipinski definition) is 1. The zero-order valence-corrected chi connectivity index (χ0v) is 11.6. The van der Waals surface area contributed by atoms with Gasteiger partial charge in [0.1, 0.15) is 0 Å². The molecule has 0 heterocycles. The van der Waals surface area contributed by atoms with Gasteiger partial charge in [-0.05, 0) is 12.1 Å². The smallest absolute Gasteiger partial charge is 0.317 e. The summed E-state index contributed by atoms with van der Waals surface area (Å²) < 4.78 is 13.5. The number of rotatable bonds is 7. The van der Waals surface area contributed by atoms with Crippen molar-refractivity contribution in [3.8, 4) is 0 Å². The third-order valence-corrected chi connectivity index (χ3v) is 4.17. The predicted molar refractivity (Wildman–Crippen MR) is 72.9 cm³/mol. The molecule has 1 aromatic rings. The third kappa shape index (κ3) is 4.86. The van der Waals surface area contributed by atoms with Gasteiger partial charge in [0.15, 0.2) is 0 Å². The largest absolute Gasteiger partial charge is 0.366 e. The van der Waals surface area contributed by atoms with Gasteiger partial charge in [-0.15, -0.1) is 23.2 Å². The molecule has 0 aliphatic rings. The molecule has 96 valence electrons. The molecular formula is C10H15Cl2N2O2P. The summed E-state index contributed by atoms with van der Waals surface area (Å²) in [6.45, 7) is 0.615. The molecule has 7 heteroatoms. The van der Waals surface area contributed by atoms with E-state index in [2.05, 4.69) is 5.09 Å². The number of halogens is 2. The molecule has 0 aliphatic carbocycles. The SMILES string of the molecule is O=P(O)(Nc1ccccc1)N(CCCl)CCCl. The molecule has 0 saturated heterocycles. The molecular weight excluding hydrogens is 282 g/mol. The fourth-order valence-corrected chi connectivity index (χ4v) is 3.34. The van der Waals surface area contributed by atoms with Gasteiger partial charge in [0.25, 0.3) is 0 Å². The summed E-state index contributed by atoms with van der Waals surface area (Å²) in [5.41, 5.74) is 0.590. The lowest BCUT2D eigenvalue weighted by atomic mass is 10.3. The summed E-state index contributed by atoms with van der Waals surface area (Å²) in [6, 6.07) is 8.86. The quantitative estimate of drug-likeness (QED) is 0.600. The first kappa shape index (κ1) is 14.8. The van der Waals surface area contributed by atoms with Gasteiger partial charge < -0.3 is 9.98 Å². The number of benzene rings is 1. The molecule has 0 radical (unpaired) electrons. The lowest BCUT2D eigenvalue weighted by Gasteiger charge is -2.26. The Kier molecular flexibility index (Phi) is 6.31. The Hall–Kier alpha value is -0.250. The topological polar surface area (TPSA) is 52.6 Å². The van der Waals surface area contributed by atoms with Crippen LogP contribution in [0.4, 0.5) is 5.69 Å². The van der Waals surface area contributed by atoms with E-state index in [9.17, 15) is 9.46 Å².